The van der Waals surface area contributed by atoms with E-state index in [4.69, 9.17) is 15.0 Å². The van der Waals surface area contributed by atoms with Crippen LogP contribution in [0.4, 0.5) is 0 Å². The number of thiophene rings is 1. The minimum atomic E-state index is -0.518. The van der Waals surface area contributed by atoms with Gasteiger partial charge in [0, 0.05) is 36.9 Å². The SMILES string of the molecule is c1ccc(-c2nc(-c3ccc4c(c3)C3(c5ccccc5-4)c4ccccc4-c4cccc5cccc3c45)nc(-c3ccc4sc5ccccc5c4c3)n2)cc1. The Morgan fingerprint density at radius 3 is 1.70 bits per heavy atom. The van der Waals surface area contributed by atoms with Gasteiger partial charge in [-0.3, -0.25) is 0 Å². The molecule has 250 valence electrons. The van der Waals surface area contributed by atoms with E-state index < -0.39 is 5.41 Å². The lowest BCUT2D eigenvalue weighted by molar-refractivity contribution is 0.773. The lowest BCUT2D eigenvalue weighted by atomic mass is 9.61. The van der Waals surface area contributed by atoms with Gasteiger partial charge in [0.2, 0.25) is 0 Å². The molecule has 0 aliphatic heterocycles. The van der Waals surface area contributed by atoms with Crippen molar-refractivity contribution in [3.8, 4) is 56.4 Å². The molecule has 1 unspecified atom stereocenters. The molecule has 2 heterocycles. The van der Waals surface area contributed by atoms with Crippen molar-refractivity contribution in [3.05, 3.63) is 198 Å². The van der Waals surface area contributed by atoms with Gasteiger partial charge in [0.25, 0.3) is 0 Å². The fraction of sp³-hybridized carbons (Fsp3) is 0.0200. The van der Waals surface area contributed by atoms with Crippen molar-refractivity contribution in [2.24, 2.45) is 0 Å². The van der Waals surface area contributed by atoms with Crippen molar-refractivity contribution in [1.29, 1.82) is 0 Å². The summed E-state index contributed by atoms with van der Waals surface area (Å²) in [6.07, 6.45) is 0. The number of rotatable bonds is 3. The third-order valence-corrected chi connectivity index (χ3v) is 12.7. The Balaban J connectivity index is 1.13. The van der Waals surface area contributed by atoms with Crippen LogP contribution in [0.3, 0.4) is 0 Å². The summed E-state index contributed by atoms with van der Waals surface area (Å²) in [5, 5.41) is 5.05. The minimum absolute atomic E-state index is 0.518. The predicted octanol–water partition coefficient (Wildman–Crippen LogP) is 12.7. The van der Waals surface area contributed by atoms with E-state index in [-0.39, 0.29) is 0 Å². The van der Waals surface area contributed by atoms with Gasteiger partial charge in [0.15, 0.2) is 17.5 Å². The Hall–Kier alpha value is -6.75. The molecule has 0 N–H and O–H groups in total. The minimum Gasteiger partial charge on any atom is -0.208 e. The van der Waals surface area contributed by atoms with E-state index in [1.54, 1.807) is 0 Å². The number of fused-ring (bicyclic) bond motifs is 12. The van der Waals surface area contributed by atoms with Crippen LogP contribution in [0.1, 0.15) is 22.3 Å². The second kappa shape index (κ2) is 11.1. The van der Waals surface area contributed by atoms with Crippen molar-refractivity contribution in [2.75, 3.05) is 0 Å². The Bertz CT molecular complexity index is 3170. The summed E-state index contributed by atoms with van der Waals surface area (Å²) in [4.78, 5) is 15.6. The van der Waals surface area contributed by atoms with Crippen LogP contribution in [0.2, 0.25) is 0 Å². The van der Waals surface area contributed by atoms with Crippen LogP contribution in [0, 0.1) is 0 Å². The normalized spacial score (nSPS) is 15.1. The molecule has 0 amide bonds. The van der Waals surface area contributed by atoms with Gasteiger partial charge in [-0.1, -0.05) is 146 Å². The summed E-state index contributed by atoms with van der Waals surface area (Å²) in [5.74, 6) is 1.98. The first-order valence-electron chi connectivity index (χ1n) is 18.4. The zero-order valence-corrected chi connectivity index (χ0v) is 29.8. The van der Waals surface area contributed by atoms with Crippen molar-refractivity contribution in [2.45, 2.75) is 5.41 Å². The standard InChI is InChI=1S/C50H29N3S/c1-2-12-31(13-3-1)47-51-48(32-25-27-45-39(28-32)37-18-6-9-23-44(37)54-45)53-49(52-47)33-24-26-36-34-16-4-7-20-40(34)50(43(36)29-33)41-21-8-5-17-35(41)38-19-10-14-30-15-11-22-42(50)46(30)38/h1-29H. The molecule has 0 bridgehead atoms. The Morgan fingerprint density at radius 1 is 0.352 bits per heavy atom. The average molecular weight is 704 g/mol. The predicted molar refractivity (Wildman–Crippen MR) is 223 cm³/mol. The van der Waals surface area contributed by atoms with E-state index in [1.807, 2.05) is 29.5 Å². The van der Waals surface area contributed by atoms with E-state index in [0.717, 1.165) is 16.7 Å². The molecule has 2 aliphatic rings. The molecular weight excluding hydrogens is 675 g/mol. The van der Waals surface area contributed by atoms with Gasteiger partial charge < -0.3 is 0 Å². The summed E-state index contributed by atoms with van der Waals surface area (Å²) in [7, 11) is 0. The molecule has 54 heavy (non-hydrogen) atoms. The lowest BCUT2D eigenvalue weighted by Gasteiger charge is -2.40. The second-order valence-electron chi connectivity index (χ2n) is 14.3. The first-order chi connectivity index (χ1) is 26.8. The highest BCUT2D eigenvalue weighted by molar-refractivity contribution is 7.25. The highest BCUT2D eigenvalue weighted by Gasteiger charge is 2.50. The maximum atomic E-state index is 5.28. The van der Waals surface area contributed by atoms with Crippen LogP contribution >= 0.6 is 11.3 Å². The van der Waals surface area contributed by atoms with Gasteiger partial charge in [0.1, 0.15) is 0 Å². The highest BCUT2D eigenvalue weighted by Crippen LogP contribution is 2.62. The number of aromatic nitrogens is 3. The monoisotopic (exact) mass is 703 g/mol. The third-order valence-electron chi connectivity index (χ3n) is 11.5. The van der Waals surface area contributed by atoms with E-state index in [1.165, 1.54) is 75.5 Å². The van der Waals surface area contributed by atoms with Gasteiger partial charge in [-0.2, -0.15) is 0 Å². The number of benzene rings is 8. The van der Waals surface area contributed by atoms with Gasteiger partial charge >= 0.3 is 0 Å². The Labute approximate surface area is 315 Å². The third kappa shape index (κ3) is 4.03. The molecule has 1 spiro atoms. The maximum Gasteiger partial charge on any atom is 0.164 e. The van der Waals surface area contributed by atoms with E-state index in [0.29, 0.717) is 17.5 Å². The molecule has 3 nitrogen and oxygen atoms in total. The van der Waals surface area contributed by atoms with Crippen molar-refractivity contribution >= 4 is 42.3 Å². The Kier molecular flexibility index (Phi) is 6.14. The number of nitrogens with zero attached hydrogens (tertiary/aromatic N) is 3. The quantitative estimate of drug-likeness (QED) is 0.184. The van der Waals surface area contributed by atoms with Crippen LogP contribution in [-0.2, 0) is 5.41 Å². The van der Waals surface area contributed by atoms with Crippen LogP contribution in [-0.4, -0.2) is 15.0 Å². The molecule has 0 fully saturated rings. The Morgan fingerprint density at radius 2 is 0.907 bits per heavy atom. The van der Waals surface area contributed by atoms with E-state index in [9.17, 15) is 0 Å². The number of hydrogen-bond donors (Lipinski definition) is 0. The highest BCUT2D eigenvalue weighted by atomic mass is 32.1. The van der Waals surface area contributed by atoms with Gasteiger partial charge in [0.05, 0.1) is 5.41 Å². The van der Waals surface area contributed by atoms with Gasteiger partial charge in [-0.25, -0.2) is 15.0 Å². The second-order valence-corrected chi connectivity index (χ2v) is 15.4. The van der Waals surface area contributed by atoms with Crippen molar-refractivity contribution < 1.29 is 0 Å². The molecule has 1 atom stereocenters. The van der Waals surface area contributed by atoms with Crippen LogP contribution in [0.25, 0.3) is 87.4 Å². The van der Waals surface area contributed by atoms with E-state index >= 15 is 0 Å². The molecule has 2 aliphatic carbocycles. The number of hydrogen-bond acceptors (Lipinski definition) is 4. The topological polar surface area (TPSA) is 38.7 Å². The van der Waals surface area contributed by atoms with Gasteiger partial charge in [-0.05, 0) is 85.6 Å². The molecular formula is C50H29N3S. The van der Waals surface area contributed by atoms with Crippen LogP contribution < -0.4 is 0 Å². The fourth-order valence-corrected chi connectivity index (χ4v) is 10.4. The lowest BCUT2D eigenvalue weighted by Crippen LogP contribution is -2.31. The molecule has 0 saturated carbocycles. The first kappa shape index (κ1) is 29.8. The van der Waals surface area contributed by atoms with Gasteiger partial charge in [-0.15, -0.1) is 11.3 Å². The maximum absolute atomic E-state index is 5.28. The molecule has 10 aromatic rings. The molecule has 2 aromatic heterocycles. The molecule has 0 saturated heterocycles. The summed E-state index contributed by atoms with van der Waals surface area (Å²) < 4.78 is 2.53. The molecule has 12 rings (SSSR count). The van der Waals surface area contributed by atoms with Crippen molar-refractivity contribution in [3.63, 3.8) is 0 Å². The summed E-state index contributed by atoms with van der Waals surface area (Å²) in [6, 6.07) is 63.8. The first-order valence-corrected chi connectivity index (χ1v) is 19.2. The summed E-state index contributed by atoms with van der Waals surface area (Å²) in [5.41, 5.74) is 12.6. The molecule has 4 heteroatoms. The molecule has 0 radical (unpaired) electrons. The van der Waals surface area contributed by atoms with E-state index in [2.05, 4.69) is 158 Å². The van der Waals surface area contributed by atoms with Crippen LogP contribution in [0.15, 0.2) is 176 Å². The van der Waals surface area contributed by atoms with Crippen molar-refractivity contribution in [1.82, 2.24) is 15.0 Å². The average Bonchev–Trinajstić information content (AvgIpc) is 3.76. The zero-order valence-electron chi connectivity index (χ0n) is 29.0. The molecule has 8 aromatic carbocycles. The largest absolute Gasteiger partial charge is 0.208 e. The zero-order chi connectivity index (χ0) is 35.4. The fourth-order valence-electron chi connectivity index (χ4n) is 9.28. The smallest absolute Gasteiger partial charge is 0.164 e. The summed E-state index contributed by atoms with van der Waals surface area (Å²) >= 11 is 1.82. The van der Waals surface area contributed by atoms with Crippen LogP contribution in [0.5, 0.6) is 0 Å². The summed E-state index contributed by atoms with van der Waals surface area (Å²) in [6.45, 7) is 0.